The molecular formula is C25H30N4O7S. The van der Waals surface area contributed by atoms with Crippen LogP contribution in [0.15, 0.2) is 47.4 Å². The highest BCUT2D eigenvalue weighted by Gasteiger charge is 2.27. The molecule has 0 fully saturated rings. The van der Waals surface area contributed by atoms with Crippen molar-refractivity contribution in [3.8, 4) is 23.1 Å². The van der Waals surface area contributed by atoms with Crippen LogP contribution in [0, 0.1) is 6.92 Å². The van der Waals surface area contributed by atoms with E-state index in [4.69, 9.17) is 9.47 Å². The van der Waals surface area contributed by atoms with Gasteiger partial charge >= 0.3 is 5.97 Å². The van der Waals surface area contributed by atoms with Gasteiger partial charge in [-0.2, -0.15) is 9.78 Å². The number of carbonyl (C=O) groups excluding carboxylic acids is 1. The van der Waals surface area contributed by atoms with Crippen LogP contribution in [0.25, 0.3) is 5.69 Å². The molecule has 1 aromatic heterocycles. The van der Waals surface area contributed by atoms with E-state index in [1.807, 2.05) is 6.92 Å². The highest BCUT2D eigenvalue weighted by molar-refractivity contribution is 7.89. The first-order valence-corrected chi connectivity index (χ1v) is 13.1. The summed E-state index contributed by atoms with van der Waals surface area (Å²) in [5.74, 6) is -1.01. The molecule has 0 saturated heterocycles. The molecule has 0 saturated carbocycles. The summed E-state index contributed by atoms with van der Waals surface area (Å²) >= 11 is 0. The molecule has 2 aromatic carbocycles. The molecule has 0 aliphatic rings. The molecule has 0 spiro atoms. The lowest BCUT2D eigenvalue weighted by Gasteiger charge is -2.17. The number of ether oxygens (including phenoxy) is 2. The van der Waals surface area contributed by atoms with Gasteiger partial charge in [0.25, 0.3) is 0 Å². The van der Waals surface area contributed by atoms with Gasteiger partial charge in [-0.1, -0.05) is 13.8 Å². The van der Waals surface area contributed by atoms with Gasteiger partial charge in [-0.05, 0) is 62.7 Å². The number of methoxy groups -OCH3 is 1. The second kappa shape index (κ2) is 11.4. The number of hydrogen-bond acceptors (Lipinski definition) is 7. The van der Waals surface area contributed by atoms with E-state index < -0.39 is 16.0 Å². The van der Waals surface area contributed by atoms with Crippen molar-refractivity contribution in [2.75, 3.05) is 12.4 Å². The number of hydrogen-bond donors (Lipinski definition) is 3. The van der Waals surface area contributed by atoms with Crippen molar-refractivity contribution in [1.29, 1.82) is 0 Å². The second-order valence-electron chi connectivity index (χ2n) is 8.29. The Bertz CT molecular complexity index is 1400. The summed E-state index contributed by atoms with van der Waals surface area (Å²) in [4.78, 5) is 23.5. The smallest absolute Gasteiger partial charge is 0.356 e. The fourth-order valence-electron chi connectivity index (χ4n) is 3.35. The monoisotopic (exact) mass is 530 g/mol. The van der Waals surface area contributed by atoms with Crippen molar-refractivity contribution in [2.45, 2.75) is 51.5 Å². The van der Waals surface area contributed by atoms with Crippen LogP contribution in [0.2, 0.25) is 0 Å². The zero-order valence-electron chi connectivity index (χ0n) is 21.2. The Morgan fingerprint density at radius 2 is 1.81 bits per heavy atom. The van der Waals surface area contributed by atoms with Crippen LogP contribution >= 0.6 is 0 Å². The third-order valence-corrected chi connectivity index (χ3v) is 7.21. The zero-order chi connectivity index (χ0) is 27.3. The number of sulfonamides is 1. The molecule has 1 unspecified atom stereocenters. The average molecular weight is 531 g/mol. The minimum Gasteiger partial charge on any atom is -0.497 e. The van der Waals surface area contributed by atoms with E-state index in [2.05, 4.69) is 15.1 Å². The molecule has 12 heteroatoms. The molecule has 11 nitrogen and oxygen atoms in total. The first kappa shape index (κ1) is 27.7. The first-order chi connectivity index (χ1) is 17.5. The molecule has 3 N–H and O–H groups in total. The molecule has 0 bridgehead atoms. The highest BCUT2D eigenvalue weighted by atomic mass is 32.2. The van der Waals surface area contributed by atoms with E-state index in [0.717, 1.165) is 0 Å². The highest BCUT2D eigenvalue weighted by Crippen LogP contribution is 2.35. The van der Waals surface area contributed by atoms with Crippen LogP contribution in [-0.4, -0.2) is 48.3 Å². The van der Waals surface area contributed by atoms with Gasteiger partial charge < -0.3 is 19.9 Å². The van der Waals surface area contributed by atoms with Crippen LogP contribution in [0.5, 0.6) is 17.4 Å². The van der Waals surface area contributed by atoms with Gasteiger partial charge in [-0.3, -0.25) is 4.79 Å². The minimum atomic E-state index is -4.09. The van der Waals surface area contributed by atoms with E-state index in [-0.39, 0.29) is 51.8 Å². The summed E-state index contributed by atoms with van der Waals surface area (Å²) in [6, 6.07) is 10.5. The lowest BCUT2D eigenvalue weighted by molar-refractivity contribution is -0.115. The summed E-state index contributed by atoms with van der Waals surface area (Å²) in [6.45, 7) is 6.76. The maximum Gasteiger partial charge on any atom is 0.356 e. The number of aromatic carboxylic acids is 1. The van der Waals surface area contributed by atoms with Crippen LogP contribution in [0.4, 0.5) is 5.69 Å². The van der Waals surface area contributed by atoms with Crippen molar-refractivity contribution in [3.63, 3.8) is 0 Å². The van der Waals surface area contributed by atoms with Gasteiger partial charge in [0.1, 0.15) is 16.4 Å². The fourth-order valence-corrected chi connectivity index (χ4v) is 4.83. The molecule has 0 radical (unpaired) electrons. The van der Waals surface area contributed by atoms with Gasteiger partial charge in [-0.25, -0.2) is 17.9 Å². The van der Waals surface area contributed by atoms with Crippen molar-refractivity contribution in [2.24, 2.45) is 0 Å². The third-order valence-electron chi connectivity index (χ3n) is 5.60. The Kier molecular flexibility index (Phi) is 8.56. The van der Waals surface area contributed by atoms with Crippen molar-refractivity contribution in [1.82, 2.24) is 14.5 Å². The average Bonchev–Trinajstić information content (AvgIpc) is 3.20. The molecule has 0 aliphatic heterocycles. The Morgan fingerprint density at radius 1 is 1.14 bits per heavy atom. The Balaban J connectivity index is 2.17. The molecular weight excluding hydrogens is 500 g/mol. The standard InChI is InChI=1S/C25H30N4O7S/c1-6-15(3)28-37(33,34)21-14-17(26-22(30)7-2)8-13-20(21)36-24-16(4)23(25(31)32)27-29(24)18-9-11-19(35-5)12-10-18/h8-15,28H,6-7H2,1-5H3,(H,26,30)(H,31,32). The molecule has 3 aromatic rings. The fraction of sp³-hybridized carbons (Fsp3) is 0.320. The van der Waals surface area contributed by atoms with Crippen LogP contribution < -0.4 is 19.5 Å². The van der Waals surface area contributed by atoms with Gasteiger partial charge in [0, 0.05) is 23.7 Å². The molecule has 1 atom stereocenters. The van der Waals surface area contributed by atoms with E-state index in [1.54, 1.807) is 38.1 Å². The van der Waals surface area contributed by atoms with Crippen LogP contribution in [0.3, 0.4) is 0 Å². The topological polar surface area (TPSA) is 149 Å². The number of carboxylic acid groups (broad SMARTS) is 1. The van der Waals surface area contributed by atoms with Crippen molar-refractivity contribution >= 4 is 27.6 Å². The third kappa shape index (κ3) is 6.27. The van der Waals surface area contributed by atoms with E-state index in [0.29, 0.717) is 17.9 Å². The second-order valence-corrected chi connectivity index (χ2v) is 9.97. The summed E-state index contributed by atoms with van der Waals surface area (Å²) < 4.78 is 41.7. The van der Waals surface area contributed by atoms with E-state index in [1.165, 1.54) is 36.9 Å². The number of anilines is 1. The number of nitrogens with zero attached hydrogens (tertiary/aromatic N) is 2. The molecule has 0 aliphatic carbocycles. The summed E-state index contributed by atoms with van der Waals surface area (Å²) in [5.41, 5.74) is 0.695. The number of benzene rings is 2. The van der Waals surface area contributed by atoms with Crippen LogP contribution in [0.1, 0.15) is 49.7 Å². The summed E-state index contributed by atoms with van der Waals surface area (Å²) in [5, 5.41) is 16.5. The number of carboxylic acids is 1. The molecule has 3 rings (SSSR count). The molecule has 37 heavy (non-hydrogen) atoms. The van der Waals surface area contributed by atoms with Gasteiger partial charge in [0.15, 0.2) is 5.69 Å². The van der Waals surface area contributed by atoms with E-state index in [9.17, 15) is 23.1 Å². The SMILES string of the molecule is CCC(=O)Nc1ccc(Oc2c(C)c(C(=O)O)nn2-c2ccc(OC)cc2)c(S(=O)(=O)NC(C)CC)c1. The number of nitrogens with one attached hydrogen (secondary N) is 2. The van der Waals surface area contributed by atoms with E-state index >= 15 is 0 Å². The number of amides is 1. The molecule has 1 heterocycles. The summed E-state index contributed by atoms with van der Waals surface area (Å²) in [6.07, 6.45) is 0.761. The zero-order valence-corrected chi connectivity index (χ0v) is 22.0. The maximum absolute atomic E-state index is 13.3. The van der Waals surface area contributed by atoms with Crippen molar-refractivity contribution < 1.29 is 32.6 Å². The van der Waals surface area contributed by atoms with Gasteiger partial charge in [-0.15, -0.1) is 0 Å². The van der Waals surface area contributed by atoms with Gasteiger partial charge in [0.05, 0.1) is 12.8 Å². The maximum atomic E-state index is 13.3. The Labute approximate surface area is 215 Å². The van der Waals surface area contributed by atoms with Crippen molar-refractivity contribution in [3.05, 3.63) is 53.7 Å². The Morgan fingerprint density at radius 3 is 2.38 bits per heavy atom. The Hall–Kier alpha value is -3.90. The predicted octanol–water partition coefficient (Wildman–Crippen LogP) is 4.11. The molecule has 198 valence electrons. The normalized spacial score (nSPS) is 12.1. The summed E-state index contributed by atoms with van der Waals surface area (Å²) in [7, 11) is -2.57. The first-order valence-electron chi connectivity index (χ1n) is 11.6. The number of carbonyl (C=O) groups is 2. The van der Waals surface area contributed by atoms with Crippen LogP contribution in [-0.2, 0) is 14.8 Å². The lowest BCUT2D eigenvalue weighted by atomic mass is 10.2. The largest absolute Gasteiger partial charge is 0.497 e. The lowest BCUT2D eigenvalue weighted by Crippen LogP contribution is -2.32. The van der Waals surface area contributed by atoms with Gasteiger partial charge in [0.2, 0.25) is 21.8 Å². The number of rotatable bonds is 11. The number of aromatic nitrogens is 2. The minimum absolute atomic E-state index is 0.0212. The predicted molar refractivity (Wildman–Crippen MR) is 137 cm³/mol. The molecule has 1 amide bonds. The quantitative estimate of drug-likeness (QED) is 0.335.